The molecule has 27 heavy (non-hydrogen) atoms. The smallest absolute Gasteiger partial charge is 0.252 e. The molecule has 1 amide bonds. The van der Waals surface area contributed by atoms with Gasteiger partial charge in [0.15, 0.2) is 0 Å². The topological polar surface area (TPSA) is 66.5 Å². The molecule has 0 radical (unpaired) electrons. The number of hydrogen-bond acceptors (Lipinski definition) is 4. The van der Waals surface area contributed by atoms with Gasteiger partial charge >= 0.3 is 0 Å². The van der Waals surface area contributed by atoms with Crippen molar-refractivity contribution >= 4 is 48.9 Å². The summed E-state index contributed by atoms with van der Waals surface area (Å²) in [6.07, 6.45) is 1.06. The van der Waals surface area contributed by atoms with Gasteiger partial charge in [0.25, 0.3) is 10.0 Å². The Hall–Kier alpha value is -1.22. The Morgan fingerprint density at radius 2 is 1.85 bits per heavy atom. The van der Waals surface area contributed by atoms with Gasteiger partial charge in [-0.1, -0.05) is 32.0 Å². The molecule has 1 aromatic heterocycles. The molecule has 146 valence electrons. The average Bonchev–Trinajstić information content (AvgIpc) is 3.09. The van der Waals surface area contributed by atoms with Crippen LogP contribution in [0.1, 0.15) is 38.2 Å². The summed E-state index contributed by atoms with van der Waals surface area (Å²) in [5, 5.41) is 3.04. The van der Waals surface area contributed by atoms with Gasteiger partial charge in [0.05, 0.1) is 3.79 Å². The number of nitrogens with zero attached hydrogens (tertiary/aromatic N) is 1. The van der Waals surface area contributed by atoms with Gasteiger partial charge in [0.1, 0.15) is 4.21 Å². The van der Waals surface area contributed by atoms with Crippen molar-refractivity contribution in [3.8, 4) is 0 Å². The molecule has 0 saturated carbocycles. The second-order valence-corrected chi connectivity index (χ2v) is 11.6. The van der Waals surface area contributed by atoms with E-state index in [2.05, 4.69) is 35.1 Å². The van der Waals surface area contributed by atoms with Crippen molar-refractivity contribution in [2.45, 2.75) is 36.8 Å². The number of thiophene rings is 1. The lowest BCUT2D eigenvalue weighted by Gasteiger charge is -2.30. The van der Waals surface area contributed by atoms with Crippen LogP contribution in [0.25, 0.3) is 0 Å². The number of carbonyl (C=O) groups is 1. The maximum atomic E-state index is 12.7. The molecule has 0 aliphatic carbocycles. The van der Waals surface area contributed by atoms with Crippen LogP contribution < -0.4 is 5.32 Å². The molecular weight excluding hydrogens is 448 g/mol. The first-order chi connectivity index (χ1) is 12.8. The molecule has 5 nitrogen and oxygen atoms in total. The van der Waals surface area contributed by atoms with E-state index in [1.165, 1.54) is 15.6 Å². The van der Waals surface area contributed by atoms with Crippen LogP contribution in [0, 0.1) is 5.92 Å². The highest BCUT2D eigenvalue weighted by molar-refractivity contribution is 9.11. The summed E-state index contributed by atoms with van der Waals surface area (Å²) in [6, 6.07) is 11.2. The van der Waals surface area contributed by atoms with Gasteiger partial charge < -0.3 is 5.32 Å². The summed E-state index contributed by atoms with van der Waals surface area (Å²) < 4.78 is 28.0. The molecule has 1 N–H and O–H groups in total. The molecule has 3 rings (SSSR count). The van der Waals surface area contributed by atoms with E-state index in [0.717, 1.165) is 15.0 Å². The standard InChI is InChI=1S/C19H23BrN2O3S2/c1-13(2)15-5-3-4-6-16(15)21-19(23)14-9-11-22(12-10-14)27(24,25)18-8-7-17(20)26-18/h3-8,13-14H,9-12H2,1-2H3,(H,21,23). The maximum absolute atomic E-state index is 12.7. The minimum absolute atomic E-state index is 0.0287. The highest BCUT2D eigenvalue weighted by Gasteiger charge is 2.33. The van der Waals surface area contributed by atoms with Gasteiger partial charge in [-0.2, -0.15) is 4.31 Å². The number of halogens is 1. The van der Waals surface area contributed by atoms with Crippen molar-refractivity contribution in [1.29, 1.82) is 0 Å². The SMILES string of the molecule is CC(C)c1ccccc1NC(=O)C1CCN(S(=O)(=O)c2ccc(Br)s2)CC1. The second kappa shape index (κ2) is 8.43. The van der Waals surface area contributed by atoms with Crippen LogP contribution in [0.15, 0.2) is 44.4 Å². The highest BCUT2D eigenvalue weighted by atomic mass is 79.9. The summed E-state index contributed by atoms with van der Waals surface area (Å²) >= 11 is 4.52. The Bertz CT molecular complexity index is 917. The van der Waals surface area contributed by atoms with Crippen LogP contribution in [0.4, 0.5) is 5.69 Å². The largest absolute Gasteiger partial charge is 0.326 e. The van der Waals surface area contributed by atoms with Crippen LogP contribution in [-0.4, -0.2) is 31.7 Å². The molecule has 0 unspecified atom stereocenters. The highest BCUT2D eigenvalue weighted by Crippen LogP contribution is 2.31. The molecular formula is C19H23BrN2O3S2. The Kier molecular flexibility index (Phi) is 6.40. The summed E-state index contributed by atoms with van der Waals surface area (Å²) in [4.78, 5) is 12.7. The van der Waals surface area contributed by atoms with E-state index in [9.17, 15) is 13.2 Å². The molecule has 2 heterocycles. The third-order valence-electron chi connectivity index (χ3n) is 4.81. The predicted molar refractivity (Wildman–Crippen MR) is 113 cm³/mol. The van der Waals surface area contributed by atoms with Crippen LogP contribution >= 0.6 is 27.3 Å². The van der Waals surface area contributed by atoms with E-state index < -0.39 is 10.0 Å². The number of piperidine rings is 1. The third-order valence-corrected chi connectivity index (χ3v) is 8.80. The molecule has 0 atom stereocenters. The van der Waals surface area contributed by atoms with Crippen LogP contribution in [0.3, 0.4) is 0 Å². The number of anilines is 1. The Labute approximate surface area is 173 Å². The Morgan fingerprint density at radius 3 is 2.44 bits per heavy atom. The number of carbonyl (C=O) groups excluding carboxylic acids is 1. The molecule has 1 fully saturated rings. The summed E-state index contributed by atoms with van der Waals surface area (Å²) in [7, 11) is -3.48. The van der Waals surface area contributed by atoms with E-state index in [1.807, 2.05) is 24.3 Å². The first-order valence-electron chi connectivity index (χ1n) is 8.94. The van der Waals surface area contributed by atoms with E-state index >= 15 is 0 Å². The molecule has 0 bridgehead atoms. The lowest BCUT2D eigenvalue weighted by Crippen LogP contribution is -2.41. The predicted octanol–water partition coefficient (Wildman–Crippen LogP) is 4.67. The first kappa shape index (κ1) is 20.5. The fraction of sp³-hybridized carbons (Fsp3) is 0.421. The van der Waals surface area contributed by atoms with Crippen molar-refractivity contribution in [1.82, 2.24) is 4.31 Å². The van der Waals surface area contributed by atoms with E-state index in [-0.39, 0.29) is 11.8 Å². The number of amides is 1. The minimum Gasteiger partial charge on any atom is -0.326 e. The minimum atomic E-state index is -3.48. The molecule has 1 aromatic carbocycles. The lowest BCUT2D eigenvalue weighted by atomic mass is 9.96. The van der Waals surface area contributed by atoms with Crippen LogP contribution in [0.5, 0.6) is 0 Å². The number of sulfonamides is 1. The van der Waals surface area contributed by atoms with Gasteiger partial charge in [0.2, 0.25) is 5.91 Å². The quantitative estimate of drug-likeness (QED) is 0.689. The monoisotopic (exact) mass is 470 g/mol. The number of nitrogens with one attached hydrogen (secondary N) is 1. The zero-order valence-corrected chi connectivity index (χ0v) is 18.5. The fourth-order valence-electron chi connectivity index (χ4n) is 3.27. The van der Waals surface area contributed by atoms with Crippen molar-refractivity contribution in [3.05, 3.63) is 45.7 Å². The van der Waals surface area contributed by atoms with E-state index in [4.69, 9.17) is 0 Å². The fourth-order valence-corrected chi connectivity index (χ4v) is 6.90. The van der Waals surface area contributed by atoms with Gasteiger partial charge in [-0.25, -0.2) is 8.42 Å². The second-order valence-electron chi connectivity index (χ2n) is 6.97. The first-order valence-corrected chi connectivity index (χ1v) is 12.0. The summed E-state index contributed by atoms with van der Waals surface area (Å²) in [6.45, 7) is 4.91. The zero-order valence-electron chi connectivity index (χ0n) is 15.3. The number of para-hydroxylation sites is 1. The molecule has 1 aliphatic heterocycles. The van der Waals surface area contributed by atoms with Crippen molar-refractivity contribution < 1.29 is 13.2 Å². The Balaban J connectivity index is 1.63. The number of benzene rings is 1. The third kappa shape index (κ3) is 4.62. The Morgan fingerprint density at radius 1 is 1.19 bits per heavy atom. The van der Waals surface area contributed by atoms with Gasteiger partial charge in [-0.05, 0) is 58.5 Å². The van der Waals surface area contributed by atoms with Crippen molar-refractivity contribution in [2.75, 3.05) is 18.4 Å². The van der Waals surface area contributed by atoms with Gasteiger partial charge in [0, 0.05) is 24.7 Å². The van der Waals surface area contributed by atoms with Gasteiger partial charge in [-0.15, -0.1) is 11.3 Å². The van der Waals surface area contributed by atoms with Gasteiger partial charge in [-0.3, -0.25) is 4.79 Å². The molecule has 0 spiro atoms. The normalized spacial score (nSPS) is 16.6. The summed E-state index contributed by atoms with van der Waals surface area (Å²) in [5.41, 5.74) is 1.95. The van der Waals surface area contributed by atoms with E-state index in [1.54, 1.807) is 12.1 Å². The average molecular weight is 471 g/mol. The molecule has 1 aliphatic rings. The number of hydrogen-bond donors (Lipinski definition) is 1. The van der Waals surface area contributed by atoms with E-state index in [0.29, 0.717) is 36.1 Å². The summed E-state index contributed by atoms with van der Waals surface area (Å²) in [5.74, 6) is 0.115. The molecule has 1 saturated heterocycles. The van der Waals surface area contributed by atoms with Crippen molar-refractivity contribution in [3.63, 3.8) is 0 Å². The zero-order chi connectivity index (χ0) is 19.6. The number of rotatable bonds is 5. The molecule has 2 aromatic rings. The maximum Gasteiger partial charge on any atom is 0.252 e. The lowest BCUT2D eigenvalue weighted by molar-refractivity contribution is -0.120. The van der Waals surface area contributed by atoms with Crippen LogP contribution in [0.2, 0.25) is 0 Å². The molecule has 8 heteroatoms. The van der Waals surface area contributed by atoms with Crippen LogP contribution in [-0.2, 0) is 14.8 Å². The van der Waals surface area contributed by atoms with Crippen molar-refractivity contribution in [2.24, 2.45) is 5.92 Å².